The lowest BCUT2D eigenvalue weighted by Gasteiger charge is -2.20. The van der Waals surface area contributed by atoms with Crippen molar-refractivity contribution in [1.82, 2.24) is 15.3 Å². The summed E-state index contributed by atoms with van der Waals surface area (Å²) in [6.45, 7) is 3.56. The smallest absolute Gasteiger partial charge is 0.333 e. The number of benzene rings is 1. The molecular formula is C18H21N3O4S. The van der Waals surface area contributed by atoms with Gasteiger partial charge in [-0.1, -0.05) is 49.0 Å². The number of methoxy groups -OCH3 is 1. The van der Waals surface area contributed by atoms with E-state index in [1.807, 2.05) is 13.0 Å². The number of rotatable bonds is 7. The largest absolute Gasteiger partial charge is 0.467 e. The second-order valence-corrected chi connectivity index (χ2v) is 6.77. The first-order chi connectivity index (χ1) is 12.4. The number of amides is 1. The number of carbonyl (C=O) groups is 2. The van der Waals surface area contributed by atoms with Gasteiger partial charge in [-0.05, 0) is 18.9 Å². The Kier molecular flexibility index (Phi) is 6.97. The molecule has 8 heteroatoms. The van der Waals surface area contributed by atoms with E-state index in [1.165, 1.54) is 13.2 Å². The van der Waals surface area contributed by atoms with E-state index in [2.05, 4.69) is 15.3 Å². The molecule has 2 atom stereocenters. The van der Waals surface area contributed by atoms with Gasteiger partial charge in [-0.15, -0.1) is 0 Å². The topological polar surface area (TPSA) is 101 Å². The summed E-state index contributed by atoms with van der Waals surface area (Å²) >= 11 is 1.15. The standard InChI is InChI=1S/C18H21N3O4S/c1-4-13(26-18-19-11(2)10-14(22)20-18)16(23)21-15(17(24)25-3)12-8-6-5-7-9-12/h5-10,13,15H,4H2,1-3H3,(H,21,23)(H,19,20,22)/t13-,15-/m1/s1. The minimum absolute atomic E-state index is 0.271. The molecule has 1 amide bonds. The second-order valence-electron chi connectivity index (χ2n) is 5.58. The predicted octanol–water partition coefficient (Wildman–Crippen LogP) is 1.98. The minimum atomic E-state index is -0.895. The Balaban J connectivity index is 2.17. The van der Waals surface area contributed by atoms with Crippen LogP contribution in [0.25, 0.3) is 0 Å². The average molecular weight is 375 g/mol. The molecule has 0 fully saturated rings. The van der Waals surface area contributed by atoms with Crippen LogP contribution in [0.4, 0.5) is 0 Å². The van der Waals surface area contributed by atoms with Gasteiger partial charge in [-0.2, -0.15) is 0 Å². The number of hydrogen-bond donors (Lipinski definition) is 2. The Hall–Kier alpha value is -2.61. The molecule has 0 saturated carbocycles. The van der Waals surface area contributed by atoms with Gasteiger partial charge in [0.05, 0.1) is 12.4 Å². The molecule has 1 aromatic heterocycles. The highest BCUT2D eigenvalue weighted by atomic mass is 32.2. The fraction of sp³-hybridized carbons (Fsp3) is 0.333. The van der Waals surface area contributed by atoms with E-state index in [1.54, 1.807) is 31.2 Å². The first-order valence-corrected chi connectivity index (χ1v) is 9.00. The van der Waals surface area contributed by atoms with Crippen molar-refractivity contribution in [3.8, 4) is 0 Å². The van der Waals surface area contributed by atoms with Gasteiger partial charge in [0, 0.05) is 11.8 Å². The fourth-order valence-corrected chi connectivity index (χ4v) is 3.31. The van der Waals surface area contributed by atoms with Crippen LogP contribution in [0.15, 0.2) is 46.3 Å². The number of hydrogen-bond acceptors (Lipinski definition) is 6. The van der Waals surface area contributed by atoms with Gasteiger partial charge in [0.1, 0.15) is 0 Å². The number of ether oxygens (including phenoxy) is 1. The summed E-state index contributed by atoms with van der Waals surface area (Å²) in [5.41, 5.74) is 0.935. The van der Waals surface area contributed by atoms with Gasteiger partial charge in [0.15, 0.2) is 11.2 Å². The maximum atomic E-state index is 12.7. The molecule has 0 aliphatic rings. The maximum Gasteiger partial charge on any atom is 0.333 e. The molecule has 138 valence electrons. The van der Waals surface area contributed by atoms with Gasteiger partial charge in [0.25, 0.3) is 5.56 Å². The highest BCUT2D eigenvalue weighted by molar-refractivity contribution is 8.00. The lowest BCUT2D eigenvalue weighted by molar-refractivity contribution is -0.145. The number of aromatic amines is 1. The molecule has 0 radical (unpaired) electrons. The number of H-pyrrole nitrogens is 1. The van der Waals surface area contributed by atoms with Crippen LogP contribution in [0.5, 0.6) is 0 Å². The maximum absolute atomic E-state index is 12.7. The van der Waals surface area contributed by atoms with Crippen LogP contribution < -0.4 is 10.9 Å². The highest BCUT2D eigenvalue weighted by Gasteiger charge is 2.27. The summed E-state index contributed by atoms with van der Waals surface area (Å²) < 4.78 is 4.81. The number of aromatic nitrogens is 2. The van der Waals surface area contributed by atoms with Crippen molar-refractivity contribution in [2.45, 2.75) is 36.7 Å². The fourth-order valence-electron chi connectivity index (χ4n) is 2.34. The van der Waals surface area contributed by atoms with Crippen LogP contribution in [-0.4, -0.2) is 34.2 Å². The highest BCUT2D eigenvalue weighted by Crippen LogP contribution is 2.23. The van der Waals surface area contributed by atoms with E-state index in [0.717, 1.165) is 11.8 Å². The van der Waals surface area contributed by atoms with E-state index < -0.39 is 17.3 Å². The monoisotopic (exact) mass is 375 g/mol. The van der Waals surface area contributed by atoms with Crippen LogP contribution in [-0.2, 0) is 14.3 Å². The molecule has 0 saturated heterocycles. The lowest BCUT2D eigenvalue weighted by Crippen LogP contribution is -2.39. The molecule has 7 nitrogen and oxygen atoms in total. The number of nitrogens with one attached hydrogen (secondary N) is 2. The third-order valence-electron chi connectivity index (χ3n) is 3.62. The molecule has 2 N–H and O–H groups in total. The summed E-state index contributed by atoms with van der Waals surface area (Å²) in [5, 5.41) is 2.58. The van der Waals surface area contributed by atoms with Crippen LogP contribution in [0.2, 0.25) is 0 Å². The van der Waals surface area contributed by atoms with Crippen molar-refractivity contribution >= 4 is 23.6 Å². The Bertz CT molecular complexity index is 823. The molecule has 0 aliphatic heterocycles. The molecule has 0 spiro atoms. The Morgan fingerprint density at radius 1 is 1.31 bits per heavy atom. The van der Waals surface area contributed by atoms with E-state index in [-0.39, 0.29) is 11.5 Å². The van der Waals surface area contributed by atoms with Crippen molar-refractivity contribution in [2.75, 3.05) is 7.11 Å². The van der Waals surface area contributed by atoms with Crippen LogP contribution in [0.3, 0.4) is 0 Å². The zero-order chi connectivity index (χ0) is 19.1. The van der Waals surface area contributed by atoms with Crippen LogP contribution in [0, 0.1) is 6.92 Å². The SMILES string of the molecule is CC[C@@H](Sc1nc(C)cc(=O)[nH]1)C(=O)N[C@@H](C(=O)OC)c1ccccc1. The first kappa shape index (κ1) is 19.7. The molecule has 0 aliphatic carbocycles. The molecule has 26 heavy (non-hydrogen) atoms. The molecule has 1 aromatic carbocycles. The van der Waals surface area contributed by atoms with E-state index >= 15 is 0 Å². The van der Waals surface area contributed by atoms with Gasteiger partial charge >= 0.3 is 5.97 Å². The summed E-state index contributed by atoms with van der Waals surface area (Å²) in [6, 6.07) is 9.37. The van der Waals surface area contributed by atoms with E-state index in [0.29, 0.717) is 22.8 Å². The van der Waals surface area contributed by atoms with E-state index in [4.69, 9.17) is 4.74 Å². The Morgan fingerprint density at radius 2 is 2.00 bits per heavy atom. The number of thioether (sulfide) groups is 1. The van der Waals surface area contributed by atoms with Gasteiger partial charge in [-0.25, -0.2) is 9.78 Å². The quantitative estimate of drug-likeness (QED) is 0.436. The van der Waals surface area contributed by atoms with Gasteiger partial charge < -0.3 is 15.0 Å². The minimum Gasteiger partial charge on any atom is -0.467 e. The number of carbonyl (C=O) groups excluding carboxylic acids is 2. The zero-order valence-corrected chi connectivity index (χ0v) is 15.6. The molecule has 2 rings (SSSR count). The van der Waals surface area contributed by atoms with Crippen LogP contribution in [0.1, 0.15) is 30.6 Å². The van der Waals surface area contributed by atoms with Gasteiger partial charge in [-0.3, -0.25) is 9.59 Å². The molecular weight excluding hydrogens is 354 g/mol. The molecule has 1 heterocycles. The zero-order valence-electron chi connectivity index (χ0n) is 14.8. The number of nitrogens with zero attached hydrogens (tertiary/aromatic N) is 1. The third-order valence-corrected chi connectivity index (χ3v) is 4.87. The van der Waals surface area contributed by atoms with E-state index in [9.17, 15) is 14.4 Å². The van der Waals surface area contributed by atoms with Crippen molar-refractivity contribution in [3.05, 3.63) is 58.0 Å². The van der Waals surface area contributed by atoms with Crippen molar-refractivity contribution in [3.63, 3.8) is 0 Å². The molecule has 2 aromatic rings. The summed E-state index contributed by atoms with van der Waals surface area (Å²) in [7, 11) is 1.28. The number of aryl methyl sites for hydroxylation is 1. The third kappa shape index (κ3) is 5.19. The molecule has 0 unspecified atom stereocenters. The van der Waals surface area contributed by atoms with Crippen LogP contribution >= 0.6 is 11.8 Å². The predicted molar refractivity (Wildman–Crippen MR) is 98.9 cm³/mol. The Morgan fingerprint density at radius 3 is 2.58 bits per heavy atom. The average Bonchev–Trinajstić information content (AvgIpc) is 2.63. The summed E-state index contributed by atoms with van der Waals surface area (Å²) in [6.07, 6.45) is 0.497. The normalized spacial score (nSPS) is 12.9. The second kappa shape index (κ2) is 9.19. The lowest BCUT2D eigenvalue weighted by atomic mass is 10.1. The Labute approximate surface area is 155 Å². The summed E-state index contributed by atoms with van der Waals surface area (Å²) in [5.74, 6) is -0.882. The molecule has 0 bridgehead atoms. The van der Waals surface area contributed by atoms with Gasteiger partial charge in [0.2, 0.25) is 5.91 Å². The first-order valence-electron chi connectivity index (χ1n) is 8.12. The van der Waals surface area contributed by atoms with Crippen molar-refractivity contribution < 1.29 is 14.3 Å². The van der Waals surface area contributed by atoms with Crippen molar-refractivity contribution in [1.29, 1.82) is 0 Å². The van der Waals surface area contributed by atoms with Crippen molar-refractivity contribution in [2.24, 2.45) is 0 Å². The number of esters is 1. The summed E-state index contributed by atoms with van der Waals surface area (Å²) in [4.78, 5) is 43.2.